The van der Waals surface area contributed by atoms with Gasteiger partial charge in [0.05, 0.1) is 26.2 Å². The average molecular weight is 528 g/mol. The summed E-state index contributed by atoms with van der Waals surface area (Å²) in [6.45, 7) is 8.73. The van der Waals surface area contributed by atoms with Gasteiger partial charge in [-0.05, 0) is 63.5 Å². The second kappa shape index (κ2) is 11.5. The number of carbonyl (C=O) groups excluding carboxylic acids is 1. The summed E-state index contributed by atoms with van der Waals surface area (Å²) in [7, 11) is 0. The van der Waals surface area contributed by atoms with Crippen LogP contribution in [0.2, 0.25) is 10.0 Å². The van der Waals surface area contributed by atoms with Gasteiger partial charge in [-0.2, -0.15) is 5.10 Å². The molecule has 10 heteroatoms. The maximum absolute atomic E-state index is 12.6. The van der Waals surface area contributed by atoms with E-state index in [-0.39, 0.29) is 17.6 Å². The standard InChI is InChI=1S/C23H28Cl2N4O2S2/c1-4-28(5-2)22(31)15-8-10-29(11-9-15)23(32)27-26-14(3)17-13-33-21(20(17)30)16-6-7-18(24)19(25)12-16/h6-7,12-13,15,30H,4-5,8-11H2,1-3H3,(H,27,32)/b26-14-. The molecule has 1 aliphatic rings. The quantitative estimate of drug-likeness (QED) is 0.291. The number of likely N-dealkylation sites (tertiary alicyclic amines) is 1. The number of hydrazone groups is 1. The van der Waals surface area contributed by atoms with E-state index in [1.807, 2.05) is 42.0 Å². The van der Waals surface area contributed by atoms with Crippen LogP contribution in [-0.2, 0) is 4.79 Å². The number of halogens is 2. The Morgan fingerprint density at radius 3 is 2.55 bits per heavy atom. The third kappa shape index (κ3) is 5.98. The van der Waals surface area contributed by atoms with Crippen LogP contribution < -0.4 is 5.43 Å². The number of hydrogen-bond donors (Lipinski definition) is 2. The zero-order valence-electron chi connectivity index (χ0n) is 18.9. The SMILES string of the molecule is CCN(CC)C(=O)C1CCN(C(=S)N/N=C(/C)c2csc(-c3ccc(Cl)c(Cl)c3)c2O)CC1. The molecule has 1 fully saturated rings. The molecule has 1 aromatic heterocycles. The Labute approximate surface area is 214 Å². The van der Waals surface area contributed by atoms with Gasteiger partial charge in [-0.15, -0.1) is 11.3 Å². The first-order chi connectivity index (χ1) is 15.8. The van der Waals surface area contributed by atoms with Crippen LogP contribution in [0.25, 0.3) is 10.4 Å². The van der Waals surface area contributed by atoms with Gasteiger partial charge in [0.15, 0.2) is 5.11 Å². The molecule has 0 unspecified atom stereocenters. The van der Waals surface area contributed by atoms with E-state index >= 15 is 0 Å². The van der Waals surface area contributed by atoms with E-state index in [9.17, 15) is 9.90 Å². The van der Waals surface area contributed by atoms with Gasteiger partial charge in [0.2, 0.25) is 5.91 Å². The number of thiophene rings is 1. The van der Waals surface area contributed by atoms with Crippen LogP contribution in [0, 0.1) is 5.92 Å². The summed E-state index contributed by atoms with van der Waals surface area (Å²) < 4.78 is 0. The van der Waals surface area contributed by atoms with Crippen molar-refractivity contribution in [3.05, 3.63) is 39.2 Å². The van der Waals surface area contributed by atoms with Crippen LogP contribution in [0.1, 0.15) is 39.2 Å². The molecule has 0 aliphatic carbocycles. The van der Waals surface area contributed by atoms with Crippen LogP contribution >= 0.6 is 46.8 Å². The van der Waals surface area contributed by atoms with Crippen LogP contribution in [0.3, 0.4) is 0 Å². The molecule has 0 atom stereocenters. The summed E-state index contributed by atoms with van der Waals surface area (Å²) in [6.07, 6.45) is 1.55. The van der Waals surface area contributed by atoms with Gasteiger partial charge < -0.3 is 14.9 Å². The minimum absolute atomic E-state index is 0.0525. The molecule has 2 N–H and O–H groups in total. The molecule has 33 heavy (non-hydrogen) atoms. The summed E-state index contributed by atoms with van der Waals surface area (Å²) in [5, 5.41) is 18.4. The highest BCUT2D eigenvalue weighted by atomic mass is 35.5. The number of hydrogen-bond acceptors (Lipinski definition) is 5. The van der Waals surface area contributed by atoms with E-state index in [0.29, 0.717) is 44.4 Å². The summed E-state index contributed by atoms with van der Waals surface area (Å²) in [5.41, 5.74) is 4.97. The molecule has 3 rings (SSSR count). The lowest BCUT2D eigenvalue weighted by Crippen LogP contribution is -2.46. The van der Waals surface area contributed by atoms with Crippen molar-refractivity contribution in [2.45, 2.75) is 33.6 Å². The Morgan fingerprint density at radius 1 is 1.27 bits per heavy atom. The fourth-order valence-electron chi connectivity index (χ4n) is 3.84. The summed E-state index contributed by atoms with van der Waals surface area (Å²) in [6, 6.07) is 5.25. The van der Waals surface area contributed by atoms with E-state index in [1.165, 1.54) is 11.3 Å². The minimum Gasteiger partial charge on any atom is -0.506 e. The fraction of sp³-hybridized carbons (Fsp3) is 0.435. The van der Waals surface area contributed by atoms with Crippen molar-refractivity contribution in [2.24, 2.45) is 11.0 Å². The molecule has 0 saturated carbocycles. The van der Waals surface area contributed by atoms with Crippen LogP contribution in [0.15, 0.2) is 28.7 Å². The molecule has 2 aromatic rings. The topological polar surface area (TPSA) is 68.2 Å². The van der Waals surface area contributed by atoms with E-state index in [4.69, 9.17) is 35.4 Å². The van der Waals surface area contributed by atoms with Crippen molar-refractivity contribution in [2.75, 3.05) is 26.2 Å². The lowest BCUT2D eigenvalue weighted by Gasteiger charge is -2.34. The smallest absolute Gasteiger partial charge is 0.225 e. The highest BCUT2D eigenvalue weighted by Crippen LogP contribution is 2.40. The van der Waals surface area contributed by atoms with Gasteiger partial charge in [0.25, 0.3) is 0 Å². The van der Waals surface area contributed by atoms with Crippen molar-refractivity contribution >= 4 is 63.5 Å². The van der Waals surface area contributed by atoms with Crippen LogP contribution in [-0.4, -0.2) is 57.8 Å². The Hall–Kier alpha value is -1.87. The third-order valence-electron chi connectivity index (χ3n) is 5.86. The first-order valence-corrected chi connectivity index (χ1v) is 12.9. The summed E-state index contributed by atoms with van der Waals surface area (Å²) >= 11 is 19.0. The molecule has 0 bridgehead atoms. The molecule has 0 spiro atoms. The van der Waals surface area contributed by atoms with E-state index < -0.39 is 0 Å². The second-order valence-electron chi connectivity index (χ2n) is 7.84. The molecule has 1 saturated heterocycles. The predicted octanol–water partition coefficient (Wildman–Crippen LogP) is 5.61. The first kappa shape index (κ1) is 25.7. The second-order valence-corrected chi connectivity index (χ2v) is 9.92. The van der Waals surface area contributed by atoms with Crippen molar-refractivity contribution < 1.29 is 9.90 Å². The maximum Gasteiger partial charge on any atom is 0.225 e. The Kier molecular flexibility index (Phi) is 8.98. The van der Waals surface area contributed by atoms with E-state index in [0.717, 1.165) is 31.5 Å². The Balaban J connectivity index is 1.60. The molecule has 1 aliphatic heterocycles. The molecule has 2 heterocycles. The van der Waals surface area contributed by atoms with Crippen molar-refractivity contribution in [3.8, 4) is 16.2 Å². The van der Waals surface area contributed by atoms with Crippen LogP contribution in [0.4, 0.5) is 0 Å². The zero-order valence-corrected chi connectivity index (χ0v) is 22.0. The van der Waals surface area contributed by atoms with Gasteiger partial charge in [0.1, 0.15) is 5.75 Å². The monoisotopic (exact) mass is 526 g/mol. The highest BCUT2D eigenvalue weighted by Gasteiger charge is 2.28. The number of aromatic hydroxyl groups is 1. The molecular weight excluding hydrogens is 499 g/mol. The van der Waals surface area contributed by atoms with E-state index in [2.05, 4.69) is 10.5 Å². The fourth-order valence-corrected chi connectivity index (χ4v) is 5.37. The van der Waals surface area contributed by atoms with Gasteiger partial charge in [-0.3, -0.25) is 10.2 Å². The number of amides is 1. The van der Waals surface area contributed by atoms with Gasteiger partial charge in [-0.25, -0.2) is 0 Å². The molecule has 178 valence electrons. The van der Waals surface area contributed by atoms with Gasteiger partial charge in [-0.1, -0.05) is 29.3 Å². The summed E-state index contributed by atoms with van der Waals surface area (Å²) in [4.78, 5) is 17.2. The van der Waals surface area contributed by atoms with Crippen molar-refractivity contribution in [3.63, 3.8) is 0 Å². The molecule has 1 aromatic carbocycles. The number of benzene rings is 1. The number of thiocarbonyl (C=S) groups is 1. The maximum atomic E-state index is 12.6. The third-order valence-corrected chi connectivity index (χ3v) is 7.97. The normalized spacial score (nSPS) is 14.9. The highest BCUT2D eigenvalue weighted by molar-refractivity contribution is 7.80. The average Bonchev–Trinajstić information content (AvgIpc) is 3.21. The largest absolute Gasteiger partial charge is 0.506 e. The molecule has 6 nitrogen and oxygen atoms in total. The Morgan fingerprint density at radius 2 is 1.94 bits per heavy atom. The number of nitrogens with one attached hydrogen (secondary N) is 1. The van der Waals surface area contributed by atoms with Crippen LogP contribution in [0.5, 0.6) is 5.75 Å². The number of nitrogens with zero attached hydrogens (tertiary/aromatic N) is 3. The molecular formula is C23H28Cl2N4O2S2. The predicted molar refractivity (Wildman–Crippen MR) is 142 cm³/mol. The lowest BCUT2D eigenvalue weighted by molar-refractivity contribution is -0.136. The number of rotatable bonds is 6. The number of carbonyl (C=O) groups is 1. The van der Waals surface area contributed by atoms with Gasteiger partial charge >= 0.3 is 0 Å². The van der Waals surface area contributed by atoms with Crippen molar-refractivity contribution in [1.82, 2.24) is 15.2 Å². The van der Waals surface area contributed by atoms with Gasteiger partial charge in [0, 0.05) is 37.5 Å². The molecule has 1 amide bonds. The minimum atomic E-state index is 0.0525. The number of piperidine rings is 1. The van der Waals surface area contributed by atoms with Crippen molar-refractivity contribution in [1.29, 1.82) is 0 Å². The lowest BCUT2D eigenvalue weighted by atomic mass is 9.95. The first-order valence-electron chi connectivity index (χ1n) is 10.9. The Bertz CT molecular complexity index is 1050. The van der Waals surface area contributed by atoms with E-state index in [1.54, 1.807) is 12.1 Å². The molecule has 0 radical (unpaired) electrons. The zero-order chi connectivity index (χ0) is 24.1. The summed E-state index contributed by atoms with van der Waals surface area (Å²) in [5.74, 6) is 0.429.